The Labute approximate surface area is 302 Å². The number of hydrogen-bond acceptors (Lipinski definition) is 0. The predicted octanol–water partition coefficient (Wildman–Crippen LogP) is 13.6. The molecule has 0 aromatic heterocycles. The standard InChI is InChI=1S/C51H42/c1-49(2)43-16-10-7-13-37(43)40-22-19-31(28-46(40)49)34-25-35(32-20-23-41-38-14-8-11-17-44(38)50(3,4)47(41)29-32)27-36(26-34)33-21-24-42-39-15-9-12-18-45(39)51(5,6)48(42)30-33/h7-30H,1-6H3. The number of fused-ring (bicyclic) bond motifs is 9. The van der Waals surface area contributed by atoms with Crippen molar-refractivity contribution in [2.45, 2.75) is 57.8 Å². The highest BCUT2D eigenvalue weighted by Gasteiger charge is 2.37. The van der Waals surface area contributed by atoms with E-state index >= 15 is 0 Å². The first-order chi connectivity index (χ1) is 24.5. The Morgan fingerprint density at radius 1 is 0.235 bits per heavy atom. The van der Waals surface area contributed by atoms with E-state index in [4.69, 9.17) is 0 Å². The van der Waals surface area contributed by atoms with Crippen molar-refractivity contribution in [2.75, 3.05) is 0 Å². The fraction of sp³-hybridized carbons (Fsp3) is 0.176. The van der Waals surface area contributed by atoms with Crippen LogP contribution in [0.25, 0.3) is 66.8 Å². The van der Waals surface area contributed by atoms with Crippen molar-refractivity contribution in [3.8, 4) is 66.8 Å². The van der Waals surface area contributed by atoms with Gasteiger partial charge >= 0.3 is 0 Å². The third-order valence-corrected chi connectivity index (χ3v) is 12.7. The zero-order chi connectivity index (χ0) is 34.9. The first kappa shape index (κ1) is 30.4. The molecule has 0 atom stereocenters. The molecule has 0 heterocycles. The molecule has 0 unspecified atom stereocenters. The maximum Gasteiger partial charge on any atom is 0.0159 e. The van der Waals surface area contributed by atoms with Gasteiger partial charge < -0.3 is 0 Å². The molecule has 0 N–H and O–H groups in total. The molecule has 3 aliphatic rings. The van der Waals surface area contributed by atoms with E-state index in [1.165, 1.54) is 100 Å². The van der Waals surface area contributed by atoms with Gasteiger partial charge in [0, 0.05) is 16.2 Å². The Bertz CT molecular complexity index is 2310. The average molecular weight is 655 g/mol. The summed E-state index contributed by atoms with van der Waals surface area (Å²) in [6.07, 6.45) is 0. The van der Waals surface area contributed by atoms with Crippen LogP contribution in [-0.4, -0.2) is 0 Å². The molecule has 0 fully saturated rings. The van der Waals surface area contributed by atoms with Crippen molar-refractivity contribution in [3.05, 3.63) is 179 Å². The van der Waals surface area contributed by atoms with Gasteiger partial charge in [0.1, 0.15) is 0 Å². The van der Waals surface area contributed by atoms with Crippen LogP contribution in [0.3, 0.4) is 0 Å². The monoisotopic (exact) mass is 654 g/mol. The number of benzene rings is 7. The highest BCUT2D eigenvalue weighted by Crippen LogP contribution is 2.53. The van der Waals surface area contributed by atoms with E-state index in [2.05, 4.69) is 187 Å². The van der Waals surface area contributed by atoms with Crippen molar-refractivity contribution >= 4 is 0 Å². The zero-order valence-electron chi connectivity index (χ0n) is 30.4. The smallest absolute Gasteiger partial charge is 0.0159 e. The topological polar surface area (TPSA) is 0 Å². The molecule has 0 amide bonds. The minimum Gasteiger partial charge on any atom is -0.0619 e. The van der Waals surface area contributed by atoms with Gasteiger partial charge in [-0.1, -0.05) is 151 Å². The van der Waals surface area contributed by atoms with Crippen molar-refractivity contribution in [1.29, 1.82) is 0 Å². The van der Waals surface area contributed by atoms with E-state index in [0.717, 1.165) is 0 Å². The number of hydrogen-bond donors (Lipinski definition) is 0. The molecular formula is C51H42. The van der Waals surface area contributed by atoms with Gasteiger partial charge in [-0.3, -0.25) is 0 Å². The average Bonchev–Trinajstić information content (AvgIpc) is 3.64. The van der Waals surface area contributed by atoms with Crippen LogP contribution in [0.2, 0.25) is 0 Å². The van der Waals surface area contributed by atoms with Gasteiger partial charge in [-0.2, -0.15) is 0 Å². The maximum absolute atomic E-state index is 2.46. The summed E-state index contributed by atoms with van der Waals surface area (Å²) in [6, 6.07) is 55.5. The van der Waals surface area contributed by atoms with E-state index in [9.17, 15) is 0 Å². The van der Waals surface area contributed by atoms with E-state index in [0.29, 0.717) is 0 Å². The first-order valence-corrected chi connectivity index (χ1v) is 18.4. The van der Waals surface area contributed by atoms with Gasteiger partial charge in [-0.05, 0) is 137 Å². The molecule has 0 heteroatoms. The van der Waals surface area contributed by atoms with Crippen LogP contribution in [0.4, 0.5) is 0 Å². The quantitative estimate of drug-likeness (QED) is 0.178. The van der Waals surface area contributed by atoms with Gasteiger partial charge in [-0.25, -0.2) is 0 Å². The van der Waals surface area contributed by atoms with Gasteiger partial charge in [0.05, 0.1) is 0 Å². The molecule has 7 aromatic rings. The minimum absolute atomic E-state index is 0.0521. The van der Waals surface area contributed by atoms with Gasteiger partial charge in [0.25, 0.3) is 0 Å². The summed E-state index contributed by atoms with van der Waals surface area (Å²) in [5.41, 5.74) is 24.0. The summed E-state index contributed by atoms with van der Waals surface area (Å²) >= 11 is 0. The second-order valence-corrected chi connectivity index (χ2v) is 16.6. The molecule has 246 valence electrons. The van der Waals surface area contributed by atoms with Crippen molar-refractivity contribution in [2.24, 2.45) is 0 Å². The van der Waals surface area contributed by atoms with Gasteiger partial charge in [0.2, 0.25) is 0 Å². The third kappa shape index (κ3) is 4.20. The van der Waals surface area contributed by atoms with Crippen LogP contribution in [-0.2, 0) is 16.2 Å². The molecule has 7 aromatic carbocycles. The van der Waals surface area contributed by atoms with Crippen molar-refractivity contribution in [1.82, 2.24) is 0 Å². The summed E-state index contributed by atoms with van der Waals surface area (Å²) in [6.45, 7) is 14.2. The molecule has 51 heavy (non-hydrogen) atoms. The van der Waals surface area contributed by atoms with Crippen molar-refractivity contribution in [3.63, 3.8) is 0 Å². The van der Waals surface area contributed by atoms with Crippen LogP contribution < -0.4 is 0 Å². The highest BCUT2D eigenvalue weighted by molar-refractivity contribution is 5.90. The number of rotatable bonds is 3. The summed E-state index contributed by atoms with van der Waals surface area (Å²) in [5.74, 6) is 0. The van der Waals surface area contributed by atoms with Crippen LogP contribution in [0.5, 0.6) is 0 Å². The Balaban J connectivity index is 1.16. The third-order valence-electron chi connectivity index (χ3n) is 12.7. The van der Waals surface area contributed by atoms with Gasteiger partial charge in [0.15, 0.2) is 0 Å². The molecule has 0 saturated heterocycles. The molecule has 0 aliphatic heterocycles. The largest absolute Gasteiger partial charge is 0.0619 e. The van der Waals surface area contributed by atoms with E-state index in [1.54, 1.807) is 0 Å². The van der Waals surface area contributed by atoms with Crippen LogP contribution >= 0.6 is 0 Å². The Morgan fingerprint density at radius 3 is 0.784 bits per heavy atom. The lowest BCUT2D eigenvalue weighted by Crippen LogP contribution is -2.15. The van der Waals surface area contributed by atoms with Crippen molar-refractivity contribution < 1.29 is 0 Å². The van der Waals surface area contributed by atoms with Crippen LogP contribution in [0.1, 0.15) is 74.9 Å². The molecular weight excluding hydrogens is 613 g/mol. The van der Waals surface area contributed by atoms with Crippen LogP contribution in [0, 0.1) is 0 Å². The minimum atomic E-state index is -0.0521. The lowest BCUT2D eigenvalue weighted by Gasteiger charge is -2.23. The van der Waals surface area contributed by atoms with Gasteiger partial charge in [-0.15, -0.1) is 0 Å². The lowest BCUT2D eigenvalue weighted by atomic mass is 9.80. The predicted molar refractivity (Wildman–Crippen MR) is 215 cm³/mol. The Morgan fingerprint density at radius 2 is 0.490 bits per heavy atom. The summed E-state index contributed by atoms with van der Waals surface area (Å²) in [4.78, 5) is 0. The maximum atomic E-state index is 2.46. The Hall–Kier alpha value is -5.46. The zero-order valence-corrected chi connectivity index (χ0v) is 30.4. The summed E-state index contributed by atoms with van der Waals surface area (Å²) in [7, 11) is 0. The van der Waals surface area contributed by atoms with E-state index in [1.807, 2.05) is 0 Å². The van der Waals surface area contributed by atoms with E-state index in [-0.39, 0.29) is 16.2 Å². The lowest BCUT2D eigenvalue weighted by molar-refractivity contribution is 0.660. The molecule has 0 bridgehead atoms. The Kier molecular flexibility index (Phi) is 6.13. The molecule has 0 nitrogen and oxygen atoms in total. The molecule has 3 aliphatic carbocycles. The summed E-state index contributed by atoms with van der Waals surface area (Å²) < 4.78 is 0. The highest BCUT2D eigenvalue weighted by atomic mass is 14.4. The molecule has 0 radical (unpaired) electrons. The van der Waals surface area contributed by atoms with E-state index < -0.39 is 0 Å². The normalized spacial score (nSPS) is 16.1. The second-order valence-electron chi connectivity index (χ2n) is 16.6. The van der Waals surface area contributed by atoms with Crippen LogP contribution in [0.15, 0.2) is 146 Å². The molecule has 0 saturated carbocycles. The first-order valence-electron chi connectivity index (χ1n) is 18.4. The molecule has 10 rings (SSSR count). The fourth-order valence-corrected chi connectivity index (χ4v) is 9.78. The SMILES string of the molecule is CC1(C)c2ccccc2-c2ccc(-c3cc(-c4ccc5c(c4)C(C)(C)c4ccccc4-5)cc(-c4ccc5c(c4)C(C)(C)c4ccccc4-5)c3)cc21. The molecule has 0 spiro atoms. The fourth-order valence-electron chi connectivity index (χ4n) is 9.78. The second kappa shape index (κ2) is 10.3. The summed E-state index contributed by atoms with van der Waals surface area (Å²) in [5, 5.41) is 0.